The van der Waals surface area contributed by atoms with Crippen molar-refractivity contribution in [1.82, 2.24) is 9.55 Å². The van der Waals surface area contributed by atoms with Crippen LogP contribution in [0, 0.1) is 6.92 Å². The molecule has 1 aromatic rings. The third-order valence-electron chi connectivity index (χ3n) is 2.86. The third kappa shape index (κ3) is 4.25. The van der Waals surface area contributed by atoms with Crippen molar-refractivity contribution < 1.29 is 0 Å². The minimum Gasteiger partial charge on any atom is -0.353 e. The second kappa shape index (κ2) is 6.56. The average molecular weight is 223 g/mol. The molecular formula is C13H25N3. The Labute approximate surface area is 99.3 Å². The molecule has 0 saturated carbocycles. The first-order valence-corrected chi connectivity index (χ1v) is 6.40. The van der Waals surface area contributed by atoms with Crippen LogP contribution in [0.1, 0.15) is 51.6 Å². The predicted octanol–water partition coefficient (Wildman–Crippen LogP) is 3.50. The first-order valence-electron chi connectivity index (χ1n) is 6.40. The fraction of sp³-hybridized carbons (Fsp3) is 0.769. The Bertz CT molecular complexity index is 304. The molecule has 0 aromatic carbocycles. The van der Waals surface area contributed by atoms with Gasteiger partial charge in [0, 0.05) is 19.3 Å². The zero-order valence-corrected chi connectivity index (χ0v) is 11.1. The highest BCUT2D eigenvalue weighted by atomic mass is 15.2. The summed E-state index contributed by atoms with van der Waals surface area (Å²) in [6, 6.07) is 0.511. The first kappa shape index (κ1) is 13.1. The van der Waals surface area contributed by atoms with E-state index in [-0.39, 0.29) is 0 Å². The standard InChI is InChI=1S/C13H25N3/c1-5-6-7-8-9-11(2)14-13-15-12(3)10-16(13)4/h10-11H,5-9H2,1-4H3,(H,14,15). The molecule has 1 rings (SSSR count). The van der Waals surface area contributed by atoms with E-state index in [9.17, 15) is 0 Å². The molecule has 1 unspecified atom stereocenters. The topological polar surface area (TPSA) is 29.9 Å². The fourth-order valence-corrected chi connectivity index (χ4v) is 1.92. The van der Waals surface area contributed by atoms with Gasteiger partial charge in [-0.1, -0.05) is 32.6 Å². The number of aryl methyl sites for hydroxylation is 2. The van der Waals surface area contributed by atoms with Crippen LogP contribution in [0.15, 0.2) is 6.20 Å². The largest absolute Gasteiger partial charge is 0.353 e. The van der Waals surface area contributed by atoms with Gasteiger partial charge in [-0.2, -0.15) is 0 Å². The van der Waals surface area contributed by atoms with Crippen LogP contribution in [0.25, 0.3) is 0 Å². The van der Waals surface area contributed by atoms with Gasteiger partial charge in [-0.3, -0.25) is 0 Å². The number of aromatic nitrogens is 2. The lowest BCUT2D eigenvalue weighted by molar-refractivity contribution is 0.590. The van der Waals surface area contributed by atoms with Gasteiger partial charge < -0.3 is 9.88 Å². The molecule has 0 fully saturated rings. The lowest BCUT2D eigenvalue weighted by atomic mass is 10.1. The molecule has 1 aromatic heterocycles. The first-order chi connectivity index (χ1) is 7.63. The number of hydrogen-bond acceptors (Lipinski definition) is 2. The van der Waals surface area contributed by atoms with E-state index in [2.05, 4.69) is 28.7 Å². The normalized spacial score (nSPS) is 12.8. The minimum absolute atomic E-state index is 0.511. The van der Waals surface area contributed by atoms with Crippen molar-refractivity contribution in [2.24, 2.45) is 7.05 Å². The van der Waals surface area contributed by atoms with Crippen molar-refractivity contribution in [2.75, 3.05) is 5.32 Å². The van der Waals surface area contributed by atoms with Crippen LogP contribution in [0.3, 0.4) is 0 Å². The maximum Gasteiger partial charge on any atom is 0.202 e. The Kier molecular flexibility index (Phi) is 5.36. The summed E-state index contributed by atoms with van der Waals surface area (Å²) >= 11 is 0. The summed E-state index contributed by atoms with van der Waals surface area (Å²) in [6.45, 7) is 6.51. The van der Waals surface area contributed by atoms with Gasteiger partial charge in [0.2, 0.25) is 5.95 Å². The summed E-state index contributed by atoms with van der Waals surface area (Å²) in [7, 11) is 2.03. The number of imidazole rings is 1. The molecular weight excluding hydrogens is 198 g/mol. The third-order valence-corrected chi connectivity index (χ3v) is 2.86. The van der Waals surface area contributed by atoms with E-state index in [1.807, 2.05) is 20.2 Å². The molecule has 0 aliphatic carbocycles. The van der Waals surface area contributed by atoms with E-state index in [4.69, 9.17) is 0 Å². The maximum atomic E-state index is 4.45. The molecule has 3 nitrogen and oxygen atoms in total. The van der Waals surface area contributed by atoms with E-state index < -0.39 is 0 Å². The van der Waals surface area contributed by atoms with Crippen molar-refractivity contribution in [3.63, 3.8) is 0 Å². The van der Waals surface area contributed by atoms with Crippen LogP contribution < -0.4 is 5.32 Å². The van der Waals surface area contributed by atoms with Gasteiger partial charge in [0.25, 0.3) is 0 Å². The molecule has 1 N–H and O–H groups in total. The predicted molar refractivity (Wildman–Crippen MR) is 69.8 cm³/mol. The number of anilines is 1. The highest BCUT2D eigenvalue weighted by molar-refractivity contribution is 5.29. The van der Waals surface area contributed by atoms with E-state index in [1.54, 1.807) is 0 Å². The average Bonchev–Trinajstić information content (AvgIpc) is 2.52. The van der Waals surface area contributed by atoms with Crippen molar-refractivity contribution in [1.29, 1.82) is 0 Å². The lowest BCUT2D eigenvalue weighted by Gasteiger charge is -2.14. The molecule has 0 aliphatic rings. The van der Waals surface area contributed by atoms with Gasteiger partial charge in [-0.05, 0) is 20.3 Å². The minimum atomic E-state index is 0.511. The molecule has 0 spiro atoms. The fourth-order valence-electron chi connectivity index (χ4n) is 1.92. The van der Waals surface area contributed by atoms with Crippen LogP contribution in [-0.4, -0.2) is 15.6 Å². The van der Waals surface area contributed by atoms with Gasteiger partial charge in [0.15, 0.2) is 0 Å². The molecule has 1 atom stereocenters. The Morgan fingerprint density at radius 1 is 1.38 bits per heavy atom. The molecule has 0 aliphatic heterocycles. The molecule has 16 heavy (non-hydrogen) atoms. The molecule has 0 amide bonds. The zero-order valence-electron chi connectivity index (χ0n) is 11.1. The van der Waals surface area contributed by atoms with E-state index in [1.165, 1.54) is 32.1 Å². The number of rotatable bonds is 7. The summed E-state index contributed by atoms with van der Waals surface area (Å²) in [6.07, 6.45) is 8.60. The van der Waals surface area contributed by atoms with Crippen molar-refractivity contribution >= 4 is 5.95 Å². The Morgan fingerprint density at radius 2 is 2.12 bits per heavy atom. The van der Waals surface area contributed by atoms with Crippen molar-refractivity contribution in [3.8, 4) is 0 Å². The van der Waals surface area contributed by atoms with Crippen LogP contribution in [0.5, 0.6) is 0 Å². The number of unbranched alkanes of at least 4 members (excludes halogenated alkanes) is 3. The highest BCUT2D eigenvalue weighted by Gasteiger charge is 2.06. The second-order valence-electron chi connectivity index (χ2n) is 4.71. The van der Waals surface area contributed by atoms with Gasteiger partial charge in [0.1, 0.15) is 0 Å². The van der Waals surface area contributed by atoms with Gasteiger partial charge in [0.05, 0.1) is 5.69 Å². The van der Waals surface area contributed by atoms with Gasteiger partial charge in [-0.15, -0.1) is 0 Å². The van der Waals surface area contributed by atoms with Crippen LogP contribution in [-0.2, 0) is 7.05 Å². The number of hydrogen-bond donors (Lipinski definition) is 1. The number of nitrogens with one attached hydrogen (secondary N) is 1. The smallest absolute Gasteiger partial charge is 0.202 e. The summed E-state index contributed by atoms with van der Waals surface area (Å²) in [5.74, 6) is 0.987. The van der Waals surface area contributed by atoms with E-state index >= 15 is 0 Å². The molecule has 0 radical (unpaired) electrons. The van der Waals surface area contributed by atoms with Gasteiger partial charge in [-0.25, -0.2) is 4.98 Å². The van der Waals surface area contributed by atoms with Crippen LogP contribution in [0.2, 0.25) is 0 Å². The SMILES string of the molecule is CCCCCCC(C)Nc1nc(C)cn1C. The van der Waals surface area contributed by atoms with E-state index in [0.29, 0.717) is 6.04 Å². The van der Waals surface area contributed by atoms with Crippen molar-refractivity contribution in [2.45, 2.75) is 58.9 Å². The zero-order chi connectivity index (χ0) is 12.0. The summed E-state index contributed by atoms with van der Waals surface area (Å²) in [4.78, 5) is 4.45. The Hall–Kier alpha value is -0.990. The summed E-state index contributed by atoms with van der Waals surface area (Å²) in [5, 5.41) is 3.46. The van der Waals surface area contributed by atoms with Crippen molar-refractivity contribution in [3.05, 3.63) is 11.9 Å². The molecule has 1 heterocycles. The molecule has 0 bridgehead atoms. The summed E-state index contributed by atoms with van der Waals surface area (Å²) < 4.78 is 2.05. The van der Waals surface area contributed by atoms with Crippen LogP contribution >= 0.6 is 0 Å². The lowest BCUT2D eigenvalue weighted by Crippen LogP contribution is -2.17. The maximum absolute atomic E-state index is 4.45. The Morgan fingerprint density at radius 3 is 2.69 bits per heavy atom. The van der Waals surface area contributed by atoms with Crippen LogP contribution in [0.4, 0.5) is 5.95 Å². The molecule has 0 saturated heterocycles. The van der Waals surface area contributed by atoms with Gasteiger partial charge >= 0.3 is 0 Å². The quantitative estimate of drug-likeness (QED) is 0.717. The van der Waals surface area contributed by atoms with E-state index in [0.717, 1.165) is 11.6 Å². The molecule has 92 valence electrons. The second-order valence-corrected chi connectivity index (χ2v) is 4.71. The number of nitrogens with zero attached hydrogens (tertiary/aromatic N) is 2. The summed E-state index contributed by atoms with van der Waals surface area (Å²) in [5.41, 5.74) is 1.07. The monoisotopic (exact) mass is 223 g/mol. The highest BCUT2D eigenvalue weighted by Crippen LogP contribution is 2.11. The molecule has 3 heteroatoms. The Balaban J connectivity index is 2.28.